The van der Waals surface area contributed by atoms with Gasteiger partial charge in [0.1, 0.15) is 19.0 Å². The number of benzene rings is 2. The Morgan fingerprint density at radius 1 is 0.800 bits per heavy atom. The highest BCUT2D eigenvalue weighted by molar-refractivity contribution is 7.12. The lowest BCUT2D eigenvalue weighted by molar-refractivity contribution is 0.0448. The number of ether oxygens (including phenoxy) is 2. The Hall–Kier alpha value is -2.92. The lowest BCUT2D eigenvalue weighted by atomic mass is 10.0. The second kappa shape index (κ2) is 8.26. The minimum absolute atomic E-state index is 0.106. The van der Waals surface area contributed by atoms with Crippen molar-refractivity contribution < 1.29 is 19.1 Å². The van der Waals surface area contributed by atoms with E-state index in [1.54, 1.807) is 36.4 Å². The van der Waals surface area contributed by atoms with Crippen LogP contribution in [0.5, 0.6) is 5.75 Å². The van der Waals surface area contributed by atoms with Crippen LogP contribution in [0.25, 0.3) is 0 Å². The SMILES string of the molecule is O=C(OCCOc1ccccc1)c1ccccc1C(=O)c1cccs1. The van der Waals surface area contributed by atoms with Crippen molar-refractivity contribution >= 4 is 23.1 Å². The quantitative estimate of drug-likeness (QED) is 0.363. The summed E-state index contributed by atoms with van der Waals surface area (Å²) in [6, 6.07) is 19.5. The molecule has 5 heteroatoms. The van der Waals surface area contributed by atoms with Gasteiger partial charge in [0.05, 0.1) is 10.4 Å². The maximum atomic E-state index is 12.5. The van der Waals surface area contributed by atoms with Gasteiger partial charge in [0.2, 0.25) is 5.78 Å². The average molecular weight is 352 g/mol. The van der Waals surface area contributed by atoms with Gasteiger partial charge < -0.3 is 9.47 Å². The number of carbonyl (C=O) groups excluding carboxylic acids is 2. The molecule has 1 heterocycles. The van der Waals surface area contributed by atoms with Crippen LogP contribution >= 0.6 is 11.3 Å². The summed E-state index contributed by atoms with van der Waals surface area (Å²) in [5, 5.41) is 1.83. The average Bonchev–Trinajstić information content (AvgIpc) is 3.20. The second-order valence-corrected chi connectivity index (χ2v) is 6.10. The molecule has 0 bridgehead atoms. The maximum Gasteiger partial charge on any atom is 0.339 e. The molecular weight excluding hydrogens is 336 g/mol. The second-order valence-electron chi connectivity index (χ2n) is 5.15. The van der Waals surface area contributed by atoms with E-state index in [0.717, 1.165) is 0 Å². The smallest absolute Gasteiger partial charge is 0.339 e. The lowest BCUT2D eigenvalue weighted by Crippen LogP contribution is -2.15. The van der Waals surface area contributed by atoms with E-state index in [0.29, 0.717) is 16.2 Å². The Morgan fingerprint density at radius 3 is 2.24 bits per heavy atom. The number of carbonyl (C=O) groups is 2. The van der Waals surface area contributed by atoms with E-state index < -0.39 is 5.97 Å². The predicted molar refractivity (Wildman–Crippen MR) is 96.4 cm³/mol. The summed E-state index contributed by atoms with van der Waals surface area (Å²) in [7, 11) is 0. The van der Waals surface area contributed by atoms with E-state index in [1.807, 2.05) is 35.7 Å². The third kappa shape index (κ3) is 4.33. The molecule has 0 atom stereocenters. The molecular formula is C20H16O4S. The van der Waals surface area contributed by atoms with Gasteiger partial charge in [-0.2, -0.15) is 0 Å². The van der Waals surface area contributed by atoms with Crippen LogP contribution in [-0.4, -0.2) is 25.0 Å². The molecule has 3 rings (SSSR count). The first-order valence-electron chi connectivity index (χ1n) is 7.78. The molecule has 0 saturated carbocycles. The summed E-state index contributed by atoms with van der Waals surface area (Å²) in [6.07, 6.45) is 0. The maximum absolute atomic E-state index is 12.5. The fraction of sp³-hybridized carbons (Fsp3) is 0.100. The number of hydrogen-bond acceptors (Lipinski definition) is 5. The normalized spacial score (nSPS) is 10.2. The van der Waals surface area contributed by atoms with Crippen LogP contribution in [-0.2, 0) is 4.74 Å². The fourth-order valence-corrected chi connectivity index (χ4v) is 2.97. The number of para-hydroxylation sites is 1. The molecule has 25 heavy (non-hydrogen) atoms. The number of hydrogen-bond donors (Lipinski definition) is 0. The summed E-state index contributed by atoms with van der Waals surface area (Å²) in [4.78, 5) is 25.4. The lowest BCUT2D eigenvalue weighted by Gasteiger charge is -2.09. The molecule has 0 unspecified atom stereocenters. The minimum Gasteiger partial charge on any atom is -0.490 e. The molecule has 2 aromatic carbocycles. The van der Waals surface area contributed by atoms with Crippen molar-refractivity contribution in [2.75, 3.05) is 13.2 Å². The Balaban J connectivity index is 1.61. The van der Waals surface area contributed by atoms with Crippen LogP contribution in [0, 0.1) is 0 Å². The van der Waals surface area contributed by atoms with Crippen molar-refractivity contribution in [2.45, 2.75) is 0 Å². The number of esters is 1. The van der Waals surface area contributed by atoms with Gasteiger partial charge in [0.25, 0.3) is 0 Å². The van der Waals surface area contributed by atoms with Crippen LogP contribution in [0.1, 0.15) is 25.6 Å². The van der Waals surface area contributed by atoms with Gasteiger partial charge >= 0.3 is 5.97 Å². The zero-order valence-electron chi connectivity index (χ0n) is 13.4. The third-order valence-corrected chi connectivity index (χ3v) is 4.33. The molecule has 126 valence electrons. The number of ketones is 1. The molecule has 0 fully saturated rings. The van der Waals surface area contributed by atoms with E-state index in [-0.39, 0.29) is 24.6 Å². The summed E-state index contributed by atoms with van der Waals surface area (Å²) >= 11 is 1.34. The van der Waals surface area contributed by atoms with E-state index in [1.165, 1.54) is 11.3 Å². The highest BCUT2D eigenvalue weighted by atomic mass is 32.1. The van der Waals surface area contributed by atoms with Gasteiger partial charge in [-0.3, -0.25) is 4.79 Å². The largest absolute Gasteiger partial charge is 0.490 e. The van der Waals surface area contributed by atoms with Crippen molar-refractivity contribution in [1.82, 2.24) is 0 Å². The molecule has 1 aromatic heterocycles. The number of rotatable bonds is 7. The molecule has 0 aliphatic carbocycles. The Labute approximate surface area is 149 Å². The van der Waals surface area contributed by atoms with Crippen molar-refractivity contribution in [3.05, 3.63) is 88.1 Å². The highest BCUT2D eigenvalue weighted by Gasteiger charge is 2.19. The number of thiophene rings is 1. The zero-order chi connectivity index (χ0) is 17.5. The van der Waals surface area contributed by atoms with Crippen LogP contribution in [0.3, 0.4) is 0 Å². The Bertz CT molecular complexity index is 841. The van der Waals surface area contributed by atoms with Gasteiger partial charge in [-0.25, -0.2) is 4.79 Å². The molecule has 0 spiro atoms. The Morgan fingerprint density at radius 2 is 1.52 bits per heavy atom. The molecule has 0 aliphatic heterocycles. The molecule has 0 amide bonds. The van der Waals surface area contributed by atoms with Gasteiger partial charge in [0, 0.05) is 5.56 Å². The van der Waals surface area contributed by atoms with Crippen LogP contribution < -0.4 is 4.74 Å². The first-order valence-corrected chi connectivity index (χ1v) is 8.66. The molecule has 0 radical (unpaired) electrons. The van der Waals surface area contributed by atoms with E-state index in [2.05, 4.69) is 0 Å². The topological polar surface area (TPSA) is 52.6 Å². The minimum atomic E-state index is -0.530. The van der Waals surface area contributed by atoms with E-state index >= 15 is 0 Å². The first kappa shape index (κ1) is 16.9. The molecule has 0 saturated heterocycles. The van der Waals surface area contributed by atoms with Gasteiger partial charge in [-0.15, -0.1) is 11.3 Å². The first-order chi connectivity index (χ1) is 12.3. The molecule has 4 nitrogen and oxygen atoms in total. The molecule has 3 aromatic rings. The molecule has 0 N–H and O–H groups in total. The monoisotopic (exact) mass is 352 g/mol. The summed E-state index contributed by atoms with van der Waals surface area (Å²) in [6.45, 7) is 0.353. The summed E-state index contributed by atoms with van der Waals surface area (Å²) in [5.74, 6) is 0.00655. The standard InChI is InChI=1S/C20H16O4S/c21-19(18-11-6-14-25-18)16-9-4-5-10-17(16)20(22)24-13-12-23-15-7-2-1-3-8-15/h1-11,14H,12-13H2. The Kier molecular flexibility index (Phi) is 5.59. The van der Waals surface area contributed by atoms with E-state index in [4.69, 9.17) is 9.47 Å². The third-order valence-electron chi connectivity index (χ3n) is 3.46. The van der Waals surface area contributed by atoms with Crippen LogP contribution in [0.15, 0.2) is 72.1 Å². The summed E-state index contributed by atoms with van der Waals surface area (Å²) in [5.41, 5.74) is 0.611. The van der Waals surface area contributed by atoms with Crippen molar-refractivity contribution in [2.24, 2.45) is 0 Å². The molecule has 0 aliphatic rings. The summed E-state index contributed by atoms with van der Waals surface area (Å²) < 4.78 is 10.7. The van der Waals surface area contributed by atoms with Crippen molar-refractivity contribution in [3.63, 3.8) is 0 Å². The van der Waals surface area contributed by atoms with Gasteiger partial charge in [0.15, 0.2) is 0 Å². The van der Waals surface area contributed by atoms with Gasteiger partial charge in [-0.05, 0) is 29.6 Å². The van der Waals surface area contributed by atoms with Gasteiger partial charge in [-0.1, -0.05) is 42.5 Å². The van der Waals surface area contributed by atoms with E-state index in [9.17, 15) is 9.59 Å². The zero-order valence-corrected chi connectivity index (χ0v) is 14.2. The van der Waals surface area contributed by atoms with Crippen molar-refractivity contribution in [1.29, 1.82) is 0 Å². The van der Waals surface area contributed by atoms with Crippen LogP contribution in [0.2, 0.25) is 0 Å². The predicted octanol–water partition coefficient (Wildman–Crippen LogP) is 4.21. The van der Waals surface area contributed by atoms with Crippen molar-refractivity contribution in [3.8, 4) is 5.75 Å². The fourth-order valence-electron chi connectivity index (χ4n) is 2.29. The highest BCUT2D eigenvalue weighted by Crippen LogP contribution is 2.19. The van der Waals surface area contributed by atoms with Crippen LogP contribution in [0.4, 0.5) is 0 Å².